The molecular formula is C22H26O4. The van der Waals surface area contributed by atoms with E-state index in [-0.39, 0.29) is 5.41 Å². The Hall–Kier alpha value is -2.75. The Kier molecular flexibility index (Phi) is 6.45. The van der Waals surface area contributed by atoms with Gasteiger partial charge in [-0.3, -0.25) is 0 Å². The van der Waals surface area contributed by atoms with Crippen LogP contribution in [0.15, 0.2) is 48.5 Å². The Balaban J connectivity index is 1.95. The van der Waals surface area contributed by atoms with Crippen LogP contribution in [0.2, 0.25) is 0 Å². The van der Waals surface area contributed by atoms with Gasteiger partial charge >= 0.3 is 5.97 Å². The van der Waals surface area contributed by atoms with Crippen molar-refractivity contribution in [3.63, 3.8) is 0 Å². The molecule has 0 atom stereocenters. The molecule has 1 N–H and O–H groups in total. The van der Waals surface area contributed by atoms with Gasteiger partial charge in [0.1, 0.15) is 24.7 Å². The molecule has 0 bridgehead atoms. The van der Waals surface area contributed by atoms with E-state index in [1.54, 1.807) is 6.07 Å². The van der Waals surface area contributed by atoms with E-state index < -0.39 is 5.97 Å². The van der Waals surface area contributed by atoms with Gasteiger partial charge in [-0.15, -0.1) is 0 Å². The summed E-state index contributed by atoms with van der Waals surface area (Å²) in [6.07, 6.45) is 2.64. The summed E-state index contributed by atoms with van der Waals surface area (Å²) >= 11 is 0. The van der Waals surface area contributed by atoms with Gasteiger partial charge in [0.15, 0.2) is 0 Å². The van der Waals surface area contributed by atoms with Crippen molar-refractivity contribution < 1.29 is 19.4 Å². The normalized spacial score (nSPS) is 11.5. The third kappa shape index (κ3) is 5.96. The quantitative estimate of drug-likeness (QED) is 0.570. The third-order valence-electron chi connectivity index (χ3n) is 3.83. The van der Waals surface area contributed by atoms with Crippen molar-refractivity contribution in [2.24, 2.45) is 0 Å². The van der Waals surface area contributed by atoms with E-state index in [4.69, 9.17) is 14.6 Å². The van der Waals surface area contributed by atoms with Crippen molar-refractivity contribution in [3.05, 3.63) is 65.2 Å². The van der Waals surface area contributed by atoms with Crippen LogP contribution < -0.4 is 9.47 Å². The van der Waals surface area contributed by atoms with Crippen molar-refractivity contribution in [2.75, 3.05) is 13.2 Å². The summed E-state index contributed by atoms with van der Waals surface area (Å²) in [4.78, 5) is 10.6. The second-order valence-corrected chi connectivity index (χ2v) is 7.19. The largest absolute Gasteiger partial charge is 0.490 e. The summed E-state index contributed by atoms with van der Waals surface area (Å²) in [6, 6.07) is 13.6. The molecule has 4 heteroatoms. The first-order chi connectivity index (χ1) is 12.3. The number of hydrogen-bond donors (Lipinski definition) is 1. The van der Waals surface area contributed by atoms with Crippen LogP contribution in [0.3, 0.4) is 0 Å². The first-order valence-corrected chi connectivity index (χ1v) is 8.63. The molecule has 0 saturated heterocycles. The fraction of sp³-hybridized carbons (Fsp3) is 0.318. The van der Waals surface area contributed by atoms with Crippen molar-refractivity contribution in [3.8, 4) is 11.5 Å². The zero-order chi connectivity index (χ0) is 19.2. The number of aryl methyl sites for hydroxylation is 1. The molecule has 2 aromatic carbocycles. The molecule has 0 heterocycles. The summed E-state index contributed by atoms with van der Waals surface area (Å²) in [5.41, 5.74) is 3.12. The van der Waals surface area contributed by atoms with E-state index in [1.807, 2.05) is 25.1 Å². The van der Waals surface area contributed by atoms with Crippen LogP contribution in [0.4, 0.5) is 0 Å². The van der Waals surface area contributed by atoms with E-state index in [2.05, 4.69) is 39.0 Å². The van der Waals surface area contributed by atoms with Gasteiger partial charge in [0.2, 0.25) is 0 Å². The minimum atomic E-state index is -0.975. The SMILES string of the molecule is Cc1ccc(C(C)(C)C)c(OCCOc2cccc(C=CC(=O)O)c2)c1. The van der Waals surface area contributed by atoms with Crippen LogP contribution in [0.5, 0.6) is 11.5 Å². The lowest BCUT2D eigenvalue weighted by atomic mass is 9.86. The lowest BCUT2D eigenvalue weighted by Gasteiger charge is -2.23. The summed E-state index contributed by atoms with van der Waals surface area (Å²) in [5, 5.41) is 8.69. The molecule has 0 aliphatic rings. The number of carboxylic acids is 1. The molecule has 0 unspecified atom stereocenters. The maximum absolute atomic E-state index is 10.6. The highest BCUT2D eigenvalue weighted by Gasteiger charge is 2.18. The monoisotopic (exact) mass is 354 g/mol. The van der Waals surface area contributed by atoms with Crippen molar-refractivity contribution in [1.82, 2.24) is 0 Å². The first-order valence-electron chi connectivity index (χ1n) is 8.63. The number of benzene rings is 2. The fourth-order valence-corrected chi connectivity index (χ4v) is 2.56. The van der Waals surface area contributed by atoms with Crippen molar-refractivity contribution in [2.45, 2.75) is 33.1 Å². The molecule has 2 rings (SSSR count). The standard InChI is InChI=1S/C22H26O4/c1-16-8-10-19(22(2,3)4)20(14-16)26-13-12-25-18-7-5-6-17(15-18)9-11-21(23)24/h5-11,14-15H,12-13H2,1-4H3,(H,23,24). The number of rotatable bonds is 7. The van der Waals surface area contributed by atoms with Crippen LogP contribution in [0, 0.1) is 6.92 Å². The van der Waals surface area contributed by atoms with E-state index in [9.17, 15) is 4.79 Å². The zero-order valence-corrected chi connectivity index (χ0v) is 15.8. The highest BCUT2D eigenvalue weighted by Crippen LogP contribution is 2.32. The molecule has 0 amide bonds. The van der Waals surface area contributed by atoms with Gasteiger partial charge < -0.3 is 14.6 Å². The highest BCUT2D eigenvalue weighted by atomic mass is 16.5. The van der Waals surface area contributed by atoms with E-state index in [0.29, 0.717) is 19.0 Å². The summed E-state index contributed by atoms with van der Waals surface area (Å²) in [5.74, 6) is 0.596. The molecule has 0 spiro atoms. The Morgan fingerprint density at radius 2 is 1.81 bits per heavy atom. The maximum atomic E-state index is 10.6. The average molecular weight is 354 g/mol. The average Bonchev–Trinajstić information content (AvgIpc) is 2.56. The van der Waals surface area contributed by atoms with Crippen LogP contribution in [0.25, 0.3) is 6.08 Å². The minimum Gasteiger partial charge on any atom is -0.490 e. The number of hydrogen-bond acceptors (Lipinski definition) is 3. The molecule has 0 aliphatic heterocycles. The number of ether oxygens (including phenoxy) is 2. The molecule has 138 valence electrons. The van der Waals surface area contributed by atoms with Gasteiger partial charge in [-0.25, -0.2) is 4.79 Å². The molecular weight excluding hydrogens is 328 g/mol. The molecule has 0 fully saturated rings. The van der Waals surface area contributed by atoms with Crippen molar-refractivity contribution in [1.29, 1.82) is 0 Å². The number of carboxylic acid groups (broad SMARTS) is 1. The topological polar surface area (TPSA) is 55.8 Å². The van der Waals surface area contributed by atoms with Crippen molar-refractivity contribution >= 4 is 12.0 Å². The van der Waals surface area contributed by atoms with Gasteiger partial charge in [0.25, 0.3) is 0 Å². The molecule has 26 heavy (non-hydrogen) atoms. The lowest BCUT2D eigenvalue weighted by molar-refractivity contribution is -0.131. The van der Waals surface area contributed by atoms with E-state index in [0.717, 1.165) is 23.0 Å². The van der Waals surface area contributed by atoms with Gasteiger partial charge in [0, 0.05) is 6.08 Å². The maximum Gasteiger partial charge on any atom is 0.328 e. The third-order valence-corrected chi connectivity index (χ3v) is 3.83. The zero-order valence-electron chi connectivity index (χ0n) is 15.8. The summed E-state index contributed by atoms with van der Waals surface area (Å²) < 4.78 is 11.7. The van der Waals surface area contributed by atoms with Crippen LogP contribution >= 0.6 is 0 Å². The summed E-state index contributed by atoms with van der Waals surface area (Å²) in [7, 11) is 0. The fourth-order valence-electron chi connectivity index (χ4n) is 2.56. The second kappa shape index (κ2) is 8.56. The highest BCUT2D eigenvalue weighted by molar-refractivity contribution is 5.85. The smallest absolute Gasteiger partial charge is 0.328 e. The molecule has 0 radical (unpaired) electrons. The van der Waals surface area contributed by atoms with Gasteiger partial charge in [-0.2, -0.15) is 0 Å². The van der Waals surface area contributed by atoms with E-state index >= 15 is 0 Å². The predicted molar refractivity (Wildman–Crippen MR) is 104 cm³/mol. The first kappa shape index (κ1) is 19.6. The lowest BCUT2D eigenvalue weighted by Crippen LogP contribution is -2.16. The number of carbonyl (C=O) groups is 1. The molecule has 0 aromatic heterocycles. The van der Waals surface area contributed by atoms with Gasteiger partial charge in [-0.1, -0.05) is 45.0 Å². The molecule has 0 saturated carbocycles. The predicted octanol–water partition coefficient (Wildman–Crippen LogP) is 4.85. The Bertz CT molecular complexity index is 785. The van der Waals surface area contributed by atoms with Gasteiger partial charge in [0.05, 0.1) is 0 Å². The Morgan fingerprint density at radius 1 is 1.08 bits per heavy atom. The Labute approximate surface area is 155 Å². The minimum absolute atomic E-state index is 0.00863. The van der Waals surface area contributed by atoms with Gasteiger partial charge in [-0.05, 0) is 53.3 Å². The second-order valence-electron chi connectivity index (χ2n) is 7.19. The molecule has 0 aliphatic carbocycles. The van der Waals surface area contributed by atoms with E-state index in [1.165, 1.54) is 11.6 Å². The Morgan fingerprint density at radius 3 is 2.50 bits per heavy atom. The van der Waals surface area contributed by atoms with Crippen LogP contribution in [0.1, 0.15) is 37.5 Å². The summed E-state index contributed by atoms with van der Waals surface area (Å²) in [6.45, 7) is 9.38. The molecule has 4 nitrogen and oxygen atoms in total. The molecule has 2 aromatic rings. The van der Waals surface area contributed by atoms with Crippen LogP contribution in [-0.4, -0.2) is 24.3 Å². The van der Waals surface area contributed by atoms with Crippen LogP contribution in [-0.2, 0) is 10.2 Å². The number of aliphatic carboxylic acids is 1.